The maximum absolute atomic E-state index is 12.2. The highest BCUT2D eigenvalue weighted by Gasteiger charge is 2.19. The van der Waals surface area contributed by atoms with E-state index in [0.29, 0.717) is 11.0 Å². The summed E-state index contributed by atoms with van der Waals surface area (Å²) in [5.74, 6) is 0.456. The molecule has 0 aliphatic heterocycles. The fourth-order valence-corrected chi connectivity index (χ4v) is 2.54. The van der Waals surface area contributed by atoms with Gasteiger partial charge in [-0.2, -0.15) is 0 Å². The number of nitrogens with one attached hydrogen (secondary N) is 1. The van der Waals surface area contributed by atoms with Crippen molar-refractivity contribution in [3.63, 3.8) is 0 Å². The number of aromatic nitrogens is 2. The molecule has 0 saturated heterocycles. The molecular formula is C18H23N3O2S. The van der Waals surface area contributed by atoms with Crippen LogP contribution in [-0.2, 0) is 4.74 Å². The number of hydrogen-bond donors (Lipinski definition) is 1. The predicted molar refractivity (Wildman–Crippen MR) is 98.6 cm³/mol. The Bertz CT molecular complexity index is 754. The minimum absolute atomic E-state index is 0.456. The molecule has 0 spiro atoms. The van der Waals surface area contributed by atoms with E-state index in [2.05, 4.69) is 28.3 Å². The van der Waals surface area contributed by atoms with Crippen LogP contribution in [0, 0.1) is 13.8 Å². The van der Waals surface area contributed by atoms with Gasteiger partial charge in [-0.3, -0.25) is 5.32 Å². The lowest BCUT2D eigenvalue weighted by Gasteiger charge is -2.20. The zero-order chi connectivity index (χ0) is 17.9. The van der Waals surface area contributed by atoms with Crippen LogP contribution in [0.25, 0.3) is 11.1 Å². The molecule has 1 heterocycles. The fourth-order valence-electron chi connectivity index (χ4n) is 2.20. The highest BCUT2D eigenvalue weighted by atomic mass is 32.2. The van der Waals surface area contributed by atoms with E-state index in [1.165, 1.54) is 17.3 Å². The van der Waals surface area contributed by atoms with Crippen LogP contribution in [0.15, 0.2) is 29.6 Å². The third-order valence-electron chi connectivity index (χ3n) is 3.46. The van der Waals surface area contributed by atoms with Crippen molar-refractivity contribution in [2.24, 2.45) is 0 Å². The number of benzene rings is 1. The molecule has 24 heavy (non-hydrogen) atoms. The van der Waals surface area contributed by atoms with Crippen molar-refractivity contribution in [3.8, 4) is 11.1 Å². The molecular weight excluding hydrogens is 322 g/mol. The summed E-state index contributed by atoms with van der Waals surface area (Å²) < 4.78 is 5.34. The summed E-state index contributed by atoms with van der Waals surface area (Å²) in [5, 5.41) is 3.35. The molecule has 1 aromatic carbocycles. The third-order valence-corrected chi connectivity index (χ3v) is 4.03. The van der Waals surface area contributed by atoms with Crippen LogP contribution >= 0.6 is 11.8 Å². The van der Waals surface area contributed by atoms with Crippen LogP contribution in [-0.4, -0.2) is 27.9 Å². The zero-order valence-electron chi connectivity index (χ0n) is 14.9. The average Bonchev–Trinajstić information content (AvgIpc) is 2.48. The molecule has 0 aliphatic rings. The van der Waals surface area contributed by atoms with E-state index >= 15 is 0 Å². The van der Waals surface area contributed by atoms with Gasteiger partial charge in [0.15, 0.2) is 5.16 Å². The lowest BCUT2D eigenvalue weighted by atomic mass is 9.98. The average molecular weight is 345 g/mol. The number of aryl methyl sites for hydroxylation is 1. The summed E-state index contributed by atoms with van der Waals surface area (Å²) in [5.41, 5.74) is 3.50. The summed E-state index contributed by atoms with van der Waals surface area (Å²) in [4.78, 5) is 21.0. The summed E-state index contributed by atoms with van der Waals surface area (Å²) >= 11 is 1.42. The quantitative estimate of drug-likeness (QED) is 0.637. The van der Waals surface area contributed by atoms with Crippen molar-refractivity contribution in [3.05, 3.63) is 35.5 Å². The minimum Gasteiger partial charge on any atom is -0.444 e. The van der Waals surface area contributed by atoms with E-state index in [1.54, 1.807) is 6.20 Å². The van der Waals surface area contributed by atoms with Gasteiger partial charge >= 0.3 is 6.09 Å². The number of anilines is 1. The van der Waals surface area contributed by atoms with Crippen LogP contribution < -0.4 is 5.32 Å². The Morgan fingerprint density at radius 2 is 1.92 bits per heavy atom. The zero-order valence-corrected chi connectivity index (χ0v) is 15.7. The van der Waals surface area contributed by atoms with Gasteiger partial charge in [0.1, 0.15) is 11.4 Å². The summed E-state index contributed by atoms with van der Waals surface area (Å²) in [6, 6.07) is 6.04. The monoisotopic (exact) mass is 345 g/mol. The normalized spacial score (nSPS) is 11.2. The molecule has 5 nitrogen and oxygen atoms in total. The standard InChI is InChI=1S/C18H23N3O2S/c1-11-8-7-9-13(12(11)2)14-10-19-16(24-6)20-15(14)21-17(22)23-18(3,4)5/h7-10H,1-6H3,(H,19,20,21,22). The molecule has 0 fully saturated rings. The first kappa shape index (κ1) is 18.3. The number of hydrogen-bond acceptors (Lipinski definition) is 5. The molecule has 1 N–H and O–H groups in total. The number of thioether (sulfide) groups is 1. The molecule has 1 aromatic heterocycles. The Morgan fingerprint density at radius 1 is 1.21 bits per heavy atom. The van der Waals surface area contributed by atoms with Crippen molar-refractivity contribution >= 4 is 23.7 Å². The van der Waals surface area contributed by atoms with E-state index in [1.807, 2.05) is 46.1 Å². The molecule has 0 bridgehead atoms. The lowest BCUT2D eigenvalue weighted by Crippen LogP contribution is -2.27. The first-order valence-corrected chi connectivity index (χ1v) is 8.91. The molecule has 6 heteroatoms. The van der Waals surface area contributed by atoms with E-state index in [9.17, 15) is 4.79 Å². The molecule has 0 saturated carbocycles. The van der Waals surface area contributed by atoms with E-state index in [4.69, 9.17) is 4.74 Å². The maximum Gasteiger partial charge on any atom is 0.413 e. The topological polar surface area (TPSA) is 64.1 Å². The summed E-state index contributed by atoms with van der Waals surface area (Å²) in [6.45, 7) is 9.57. The van der Waals surface area contributed by atoms with Gasteiger partial charge in [-0.1, -0.05) is 30.0 Å². The summed E-state index contributed by atoms with van der Waals surface area (Å²) in [6.07, 6.45) is 3.11. The van der Waals surface area contributed by atoms with Gasteiger partial charge in [-0.25, -0.2) is 14.8 Å². The van der Waals surface area contributed by atoms with Crippen molar-refractivity contribution in [1.82, 2.24) is 9.97 Å². The molecule has 2 rings (SSSR count). The Balaban J connectivity index is 2.45. The molecule has 0 radical (unpaired) electrons. The van der Waals surface area contributed by atoms with Crippen molar-refractivity contribution in [1.29, 1.82) is 0 Å². The van der Waals surface area contributed by atoms with Crippen molar-refractivity contribution < 1.29 is 9.53 Å². The Hall–Kier alpha value is -2.08. The Labute approximate surface area is 147 Å². The van der Waals surface area contributed by atoms with Gasteiger partial charge in [-0.05, 0) is 57.6 Å². The van der Waals surface area contributed by atoms with Gasteiger partial charge in [0.25, 0.3) is 0 Å². The molecule has 0 unspecified atom stereocenters. The maximum atomic E-state index is 12.2. The van der Waals surface area contributed by atoms with Crippen LogP contribution in [0.2, 0.25) is 0 Å². The van der Waals surface area contributed by atoms with E-state index < -0.39 is 11.7 Å². The fraction of sp³-hybridized carbons (Fsp3) is 0.389. The van der Waals surface area contributed by atoms with Crippen molar-refractivity contribution in [2.45, 2.75) is 45.4 Å². The van der Waals surface area contributed by atoms with E-state index in [0.717, 1.165) is 16.7 Å². The van der Waals surface area contributed by atoms with Crippen LogP contribution in [0.4, 0.5) is 10.6 Å². The number of amides is 1. The highest BCUT2D eigenvalue weighted by molar-refractivity contribution is 7.98. The number of rotatable bonds is 3. The van der Waals surface area contributed by atoms with Gasteiger partial charge < -0.3 is 4.74 Å². The molecule has 1 amide bonds. The van der Waals surface area contributed by atoms with Crippen LogP contribution in [0.3, 0.4) is 0 Å². The van der Waals surface area contributed by atoms with E-state index in [-0.39, 0.29) is 0 Å². The third kappa shape index (κ3) is 4.47. The second kappa shape index (κ2) is 7.21. The summed E-state index contributed by atoms with van der Waals surface area (Å²) in [7, 11) is 0. The predicted octanol–water partition coefficient (Wildman–Crippen LogP) is 4.83. The van der Waals surface area contributed by atoms with Gasteiger partial charge in [-0.15, -0.1) is 0 Å². The smallest absolute Gasteiger partial charge is 0.413 e. The minimum atomic E-state index is -0.571. The molecule has 0 atom stereocenters. The molecule has 0 aliphatic carbocycles. The number of carbonyl (C=O) groups is 1. The SMILES string of the molecule is CSc1ncc(-c2cccc(C)c2C)c(NC(=O)OC(C)(C)C)n1. The van der Waals surface area contributed by atoms with Crippen LogP contribution in [0.5, 0.6) is 0 Å². The number of nitrogens with zero attached hydrogens (tertiary/aromatic N) is 2. The molecule has 2 aromatic rings. The van der Waals surface area contributed by atoms with Crippen LogP contribution in [0.1, 0.15) is 31.9 Å². The number of carbonyl (C=O) groups excluding carboxylic acids is 1. The van der Waals surface area contributed by atoms with Crippen molar-refractivity contribution in [2.75, 3.05) is 11.6 Å². The second-order valence-electron chi connectivity index (χ2n) is 6.49. The second-order valence-corrected chi connectivity index (χ2v) is 7.27. The van der Waals surface area contributed by atoms with Gasteiger partial charge in [0, 0.05) is 11.8 Å². The first-order valence-electron chi connectivity index (χ1n) is 7.69. The highest BCUT2D eigenvalue weighted by Crippen LogP contribution is 2.31. The molecule has 128 valence electrons. The Kier molecular flexibility index (Phi) is 5.49. The Morgan fingerprint density at radius 3 is 2.54 bits per heavy atom. The largest absolute Gasteiger partial charge is 0.444 e. The lowest BCUT2D eigenvalue weighted by molar-refractivity contribution is 0.0635. The number of ether oxygens (including phenoxy) is 1. The van der Waals surface area contributed by atoms with Gasteiger partial charge in [0.05, 0.1) is 0 Å². The first-order chi connectivity index (χ1) is 11.2. The van der Waals surface area contributed by atoms with Gasteiger partial charge in [0.2, 0.25) is 0 Å².